The van der Waals surface area contributed by atoms with Crippen LogP contribution in [0.3, 0.4) is 0 Å². The Balaban J connectivity index is 2.15. The van der Waals surface area contributed by atoms with E-state index in [0.717, 1.165) is 22.9 Å². The van der Waals surface area contributed by atoms with E-state index in [0.29, 0.717) is 12.8 Å². The van der Waals surface area contributed by atoms with E-state index in [-0.39, 0.29) is 16.2 Å². The number of aromatic carboxylic acids is 1. The zero-order valence-corrected chi connectivity index (χ0v) is 11.8. The lowest BCUT2D eigenvalue weighted by Gasteiger charge is -2.12. The van der Waals surface area contributed by atoms with Gasteiger partial charge in [-0.2, -0.15) is 0 Å². The number of hydrogen-bond acceptors (Lipinski definition) is 4. The Morgan fingerprint density at radius 2 is 2.19 bits per heavy atom. The Hall–Kier alpha value is -2.00. The third-order valence-corrected chi connectivity index (χ3v) is 5.05. The van der Waals surface area contributed by atoms with Gasteiger partial charge in [0.2, 0.25) is 10.0 Å². The number of carbonyl (C=O) groups is 1. The third kappa shape index (κ3) is 2.38. The van der Waals surface area contributed by atoms with E-state index in [1.807, 2.05) is 0 Å². The molecular formula is C12H12FN3O4S. The number of sulfonamides is 1. The smallest absolute Gasteiger partial charge is 0.354 e. The lowest BCUT2D eigenvalue weighted by molar-refractivity contribution is 0.0689. The molecule has 112 valence electrons. The molecule has 9 heteroatoms. The zero-order valence-electron chi connectivity index (χ0n) is 11.0. The number of carboxylic acid groups (broad SMARTS) is 1. The highest BCUT2D eigenvalue weighted by atomic mass is 32.2. The fourth-order valence-corrected chi connectivity index (χ4v) is 3.47. The van der Waals surface area contributed by atoms with Gasteiger partial charge in [0, 0.05) is 11.7 Å². The van der Waals surface area contributed by atoms with Gasteiger partial charge in [-0.15, -0.1) is 0 Å². The molecule has 1 aliphatic rings. The third-order valence-electron chi connectivity index (χ3n) is 3.45. The second kappa shape index (κ2) is 4.25. The number of carboxylic acids is 1. The standard InChI is InChI=1S/C12H12FN3O4S/c1-12(2-3-12)15-21(19,20)7-4-8(13)10-14-5-9(11(17)18)16(10)6-7/h4-6,15H,2-3H2,1H3,(H,17,18). The van der Waals surface area contributed by atoms with Crippen LogP contribution in [-0.4, -0.2) is 34.4 Å². The number of nitrogens with zero attached hydrogens (tertiary/aromatic N) is 2. The van der Waals surface area contributed by atoms with Crippen molar-refractivity contribution in [3.63, 3.8) is 0 Å². The molecule has 2 N–H and O–H groups in total. The van der Waals surface area contributed by atoms with Crippen molar-refractivity contribution in [2.24, 2.45) is 0 Å². The second-order valence-electron chi connectivity index (χ2n) is 5.33. The number of hydrogen-bond donors (Lipinski definition) is 2. The molecule has 0 bridgehead atoms. The maximum absolute atomic E-state index is 13.9. The molecule has 2 aromatic heterocycles. The summed E-state index contributed by atoms with van der Waals surface area (Å²) in [6, 6.07) is 0.835. The molecule has 1 aliphatic carbocycles. The summed E-state index contributed by atoms with van der Waals surface area (Å²) in [6.45, 7) is 1.75. The summed E-state index contributed by atoms with van der Waals surface area (Å²) in [4.78, 5) is 14.3. The minimum Gasteiger partial charge on any atom is -0.477 e. The van der Waals surface area contributed by atoms with Crippen LogP contribution in [0.15, 0.2) is 23.4 Å². The van der Waals surface area contributed by atoms with Crippen molar-refractivity contribution in [2.45, 2.75) is 30.2 Å². The highest BCUT2D eigenvalue weighted by Crippen LogP contribution is 2.36. The van der Waals surface area contributed by atoms with E-state index in [9.17, 15) is 17.6 Å². The molecule has 0 saturated heterocycles. The molecule has 21 heavy (non-hydrogen) atoms. The maximum atomic E-state index is 13.9. The summed E-state index contributed by atoms with van der Waals surface area (Å²) in [5.74, 6) is -2.22. The van der Waals surface area contributed by atoms with Gasteiger partial charge in [-0.05, 0) is 25.8 Å². The van der Waals surface area contributed by atoms with Gasteiger partial charge in [-0.1, -0.05) is 0 Å². The highest BCUT2D eigenvalue weighted by Gasteiger charge is 2.41. The number of nitrogens with one attached hydrogen (secondary N) is 1. The summed E-state index contributed by atoms with van der Waals surface area (Å²) in [5, 5.41) is 9.00. The van der Waals surface area contributed by atoms with Gasteiger partial charge in [0.05, 0.1) is 6.20 Å². The monoisotopic (exact) mass is 313 g/mol. The van der Waals surface area contributed by atoms with Gasteiger partial charge in [0.15, 0.2) is 17.2 Å². The molecule has 0 spiro atoms. The average molecular weight is 313 g/mol. The second-order valence-corrected chi connectivity index (χ2v) is 7.01. The fourth-order valence-electron chi connectivity index (χ4n) is 2.00. The lowest BCUT2D eigenvalue weighted by atomic mass is 10.4. The molecule has 2 heterocycles. The first-order valence-electron chi connectivity index (χ1n) is 6.16. The van der Waals surface area contributed by atoms with Crippen LogP contribution >= 0.6 is 0 Å². The molecule has 0 aliphatic heterocycles. The summed E-state index contributed by atoms with van der Waals surface area (Å²) >= 11 is 0. The van der Waals surface area contributed by atoms with Gasteiger partial charge in [-0.25, -0.2) is 27.3 Å². The molecule has 1 saturated carbocycles. The molecule has 0 amide bonds. The molecule has 0 aromatic carbocycles. The minimum absolute atomic E-state index is 0.232. The predicted molar refractivity (Wildman–Crippen MR) is 70.1 cm³/mol. The SMILES string of the molecule is CC1(NS(=O)(=O)c2cc(F)c3ncc(C(=O)O)n3c2)CC1. The summed E-state index contributed by atoms with van der Waals surface area (Å²) in [5.41, 5.74) is -1.04. The normalized spacial score (nSPS) is 17.0. The number of rotatable bonds is 4. The van der Waals surface area contributed by atoms with Crippen LogP contribution in [0.5, 0.6) is 0 Å². The maximum Gasteiger partial charge on any atom is 0.354 e. The van der Waals surface area contributed by atoms with Crippen LogP contribution in [0.1, 0.15) is 30.3 Å². The first-order valence-corrected chi connectivity index (χ1v) is 7.64. The Morgan fingerprint density at radius 1 is 1.52 bits per heavy atom. The molecule has 7 nitrogen and oxygen atoms in total. The Kier molecular flexibility index (Phi) is 2.82. The molecular weight excluding hydrogens is 301 g/mol. The molecule has 1 fully saturated rings. The lowest BCUT2D eigenvalue weighted by Crippen LogP contribution is -2.34. The topological polar surface area (TPSA) is 101 Å². The van der Waals surface area contributed by atoms with Gasteiger partial charge in [-0.3, -0.25) is 4.40 Å². The predicted octanol–water partition coefficient (Wildman–Crippen LogP) is 1.00. The summed E-state index contributed by atoms with van der Waals surface area (Å²) in [7, 11) is -3.92. The van der Waals surface area contributed by atoms with Crippen molar-refractivity contribution in [3.05, 3.63) is 30.0 Å². The summed E-state index contributed by atoms with van der Waals surface area (Å²) < 4.78 is 41.8. The van der Waals surface area contributed by atoms with E-state index in [2.05, 4.69) is 9.71 Å². The van der Waals surface area contributed by atoms with Crippen LogP contribution in [-0.2, 0) is 10.0 Å². The van der Waals surface area contributed by atoms with E-state index < -0.39 is 27.3 Å². The van der Waals surface area contributed by atoms with Crippen LogP contribution in [0.2, 0.25) is 0 Å². The van der Waals surface area contributed by atoms with Crippen LogP contribution in [0.4, 0.5) is 4.39 Å². The molecule has 0 radical (unpaired) electrons. The zero-order chi connectivity index (χ0) is 15.4. The minimum atomic E-state index is -3.92. The Labute approximate surface area is 119 Å². The quantitative estimate of drug-likeness (QED) is 0.877. The van der Waals surface area contributed by atoms with Crippen molar-refractivity contribution in [1.29, 1.82) is 0 Å². The molecule has 3 rings (SSSR count). The largest absolute Gasteiger partial charge is 0.477 e. The van der Waals surface area contributed by atoms with Gasteiger partial charge >= 0.3 is 5.97 Å². The van der Waals surface area contributed by atoms with Crippen molar-refractivity contribution in [1.82, 2.24) is 14.1 Å². The van der Waals surface area contributed by atoms with Crippen LogP contribution in [0.25, 0.3) is 5.65 Å². The molecule has 2 aromatic rings. The van der Waals surface area contributed by atoms with Crippen molar-refractivity contribution >= 4 is 21.6 Å². The number of pyridine rings is 1. The highest BCUT2D eigenvalue weighted by molar-refractivity contribution is 7.89. The number of imidazole rings is 1. The van der Waals surface area contributed by atoms with E-state index in [1.54, 1.807) is 6.92 Å². The number of aromatic nitrogens is 2. The molecule has 0 unspecified atom stereocenters. The summed E-state index contributed by atoms with van der Waals surface area (Å²) in [6.07, 6.45) is 3.46. The van der Waals surface area contributed by atoms with Crippen molar-refractivity contribution in [2.75, 3.05) is 0 Å². The van der Waals surface area contributed by atoms with Gasteiger partial charge in [0.1, 0.15) is 4.90 Å². The van der Waals surface area contributed by atoms with Crippen LogP contribution in [0, 0.1) is 5.82 Å². The van der Waals surface area contributed by atoms with E-state index >= 15 is 0 Å². The number of fused-ring (bicyclic) bond motifs is 1. The van der Waals surface area contributed by atoms with Gasteiger partial charge in [0.25, 0.3) is 0 Å². The van der Waals surface area contributed by atoms with E-state index in [1.165, 1.54) is 0 Å². The van der Waals surface area contributed by atoms with Gasteiger partial charge < -0.3 is 5.11 Å². The molecule has 0 atom stereocenters. The Bertz CT molecular complexity index is 855. The fraction of sp³-hybridized carbons (Fsp3) is 0.333. The first kappa shape index (κ1) is 14.0. The first-order chi connectivity index (χ1) is 9.72. The van der Waals surface area contributed by atoms with Crippen LogP contribution < -0.4 is 4.72 Å². The Morgan fingerprint density at radius 3 is 2.76 bits per heavy atom. The van der Waals surface area contributed by atoms with E-state index in [4.69, 9.17) is 5.11 Å². The van der Waals surface area contributed by atoms with Crippen molar-refractivity contribution in [3.8, 4) is 0 Å². The number of halogens is 1. The average Bonchev–Trinajstić information content (AvgIpc) is 2.91. The van der Waals surface area contributed by atoms with Crippen molar-refractivity contribution < 1.29 is 22.7 Å².